The van der Waals surface area contributed by atoms with Gasteiger partial charge in [0.25, 0.3) is 0 Å². The van der Waals surface area contributed by atoms with Crippen molar-refractivity contribution < 1.29 is 14.7 Å². The van der Waals surface area contributed by atoms with Gasteiger partial charge in [0.05, 0.1) is 5.92 Å². The smallest absolute Gasteiger partial charge is 0.311 e. The van der Waals surface area contributed by atoms with Crippen LogP contribution in [0.2, 0.25) is 5.02 Å². The van der Waals surface area contributed by atoms with Crippen LogP contribution < -0.4 is 0 Å². The van der Waals surface area contributed by atoms with Crippen LogP contribution in [0.25, 0.3) is 10.9 Å². The highest BCUT2D eigenvalue weighted by Gasteiger charge is 2.26. The molecule has 0 radical (unpaired) electrons. The standard InChI is InChI=1S/C18H14ClNO3/c19-12-7-5-11(6-8-12)17(21)9-14(18(22)23)15-10-20-16-4-2-1-3-13(15)16/h1-8,10,14,20H,9H2,(H,22,23)/t14-/m1/s1. The predicted octanol–water partition coefficient (Wildman–Crippen LogP) is 4.26. The second-order valence-electron chi connectivity index (χ2n) is 5.31. The van der Waals surface area contributed by atoms with Crippen LogP contribution in [0.3, 0.4) is 0 Å². The number of carbonyl (C=O) groups is 2. The van der Waals surface area contributed by atoms with E-state index >= 15 is 0 Å². The molecule has 0 aliphatic heterocycles. The van der Waals surface area contributed by atoms with E-state index in [-0.39, 0.29) is 12.2 Å². The lowest BCUT2D eigenvalue weighted by atomic mass is 9.91. The number of Topliss-reactive ketones (excluding diaryl/α,β-unsaturated/α-hetero) is 1. The van der Waals surface area contributed by atoms with E-state index in [4.69, 9.17) is 11.6 Å². The number of carbonyl (C=O) groups excluding carboxylic acids is 1. The summed E-state index contributed by atoms with van der Waals surface area (Å²) in [4.78, 5) is 27.1. The van der Waals surface area contributed by atoms with Gasteiger partial charge in [0.15, 0.2) is 5.78 Å². The van der Waals surface area contributed by atoms with Crippen LogP contribution in [-0.4, -0.2) is 21.8 Å². The molecule has 0 aliphatic rings. The number of carboxylic acid groups (broad SMARTS) is 1. The van der Waals surface area contributed by atoms with Crippen LogP contribution >= 0.6 is 11.6 Å². The molecule has 2 aromatic carbocycles. The van der Waals surface area contributed by atoms with Gasteiger partial charge in [0.1, 0.15) is 0 Å². The molecule has 2 N–H and O–H groups in total. The molecule has 1 heterocycles. The summed E-state index contributed by atoms with van der Waals surface area (Å²) < 4.78 is 0. The maximum absolute atomic E-state index is 12.4. The lowest BCUT2D eigenvalue weighted by molar-refractivity contribution is -0.138. The van der Waals surface area contributed by atoms with Gasteiger partial charge in [-0.1, -0.05) is 29.8 Å². The summed E-state index contributed by atoms with van der Waals surface area (Å²) in [5, 5.41) is 10.9. The van der Waals surface area contributed by atoms with E-state index in [1.54, 1.807) is 30.5 Å². The molecule has 0 saturated heterocycles. The Bertz CT molecular complexity index is 867. The number of para-hydroxylation sites is 1. The van der Waals surface area contributed by atoms with Gasteiger partial charge in [0, 0.05) is 34.1 Å². The Morgan fingerprint density at radius 3 is 2.48 bits per heavy atom. The number of aromatic nitrogens is 1. The van der Waals surface area contributed by atoms with Crippen molar-refractivity contribution in [3.05, 3.63) is 70.9 Å². The summed E-state index contributed by atoms with van der Waals surface area (Å²) >= 11 is 5.81. The van der Waals surface area contributed by atoms with Gasteiger partial charge in [0.2, 0.25) is 0 Å². The lowest BCUT2D eigenvalue weighted by Gasteiger charge is -2.11. The highest BCUT2D eigenvalue weighted by molar-refractivity contribution is 6.30. The Morgan fingerprint density at radius 1 is 1.09 bits per heavy atom. The molecule has 1 atom stereocenters. The average Bonchev–Trinajstić information content (AvgIpc) is 2.96. The molecule has 3 aromatic rings. The van der Waals surface area contributed by atoms with E-state index in [9.17, 15) is 14.7 Å². The van der Waals surface area contributed by atoms with Crippen molar-refractivity contribution in [3.63, 3.8) is 0 Å². The fourth-order valence-corrected chi connectivity index (χ4v) is 2.78. The predicted molar refractivity (Wildman–Crippen MR) is 89.1 cm³/mol. The molecule has 116 valence electrons. The Balaban J connectivity index is 1.92. The number of aliphatic carboxylic acids is 1. The van der Waals surface area contributed by atoms with Crippen LogP contribution in [0.5, 0.6) is 0 Å². The number of benzene rings is 2. The molecular formula is C18H14ClNO3. The van der Waals surface area contributed by atoms with Crippen molar-refractivity contribution in [1.29, 1.82) is 0 Å². The summed E-state index contributed by atoms with van der Waals surface area (Å²) in [7, 11) is 0. The number of hydrogen-bond donors (Lipinski definition) is 2. The first-order valence-corrected chi connectivity index (χ1v) is 7.51. The number of nitrogens with one attached hydrogen (secondary N) is 1. The molecule has 5 heteroatoms. The maximum atomic E-state index is 12.4. The number of fused-ring (bicyclic) bond motifs is 1. The summed E-state index contributed by atoms with van der Waals surface area (Å²) in [6.07, 6.45) is 1.57. The number of carboxylic acids is 1. The van der Waals surface area contributed by atoms with Gasteiger partial charge >= 0.3 is 5.97 Å². The molecule has 1 aromatic heterocycles. The second kappa shape index (κ2) is 6.26. The number of H-pyrrole nitrogens is 1. The number of halogens is 1. The highest BCUT2D eigenvalue weighted by atomic mass is 35.5. The van der Waals surface area contributed by atoms with Crippen molar-refractivity contribution in [3.8, 4) is 0 Å². The zero-order valence-corrected chi connectivity index (χ0v) is 12.9. The van der Waals surface area contributed by atoms with Gasteiger partial charge in [-0.3, -0.25) is 9.59 Å². The van der Waals surface area contributed by atoms with Gasteiger partial charge < -0.3 is 10.1 Å². The number of hydrogen-bond acceptors (Lipinski definition) is 2. The molecule has 0 unspecified atom stereocenters. The Kier molecular flexibility index (Phi) is 4.17. The third kappa shape index (κ3) is 3.12. The lowest BCUT2D eigenvalue weighted by Crippen LogP contribution is -2.16. The van der Waals surface area contributed by atoms with E-state index in [0.29, 0.717) is 16.1 Å². The molecule has 0 spiro atoms. The fraction of sp³-hybridized carbons (Fsp3) is 0.111. The van der Waals surface area contributed by atoms with Gasteiger partial charge in [-0.2, -0.15) is 0 Å². The van der Waals surface area contributed by atoms with E-state index in [0.717, 1.165) is 10.9 Å². The van der Waals surface area contributed by atoms with Crippen molar-refractivity contribution in [2.75, 3.05) is 0 Å². The van der Waals surface area contributed by atoms with Gasteiger partial charge in [-0.15, -0.1) is 0 Å². The average molecular weight is 328 g/mol. The number of aromatic amines is 1. The van der Waals surface area contributed by atoms with Crippen LogP contribution in [-0.2, 0) is 4.79 Å². The second-order valence-corrected chi connectivity index (χ2v) is 5.75. The maximum Gasteiger partial charge on any atom is 0.311 e. The number of ketones is 1. The summed E-state index contributed by atoms with van der Waals surface area (Å²) in [5.74, 6) is -2.13. The highest BCUT2D eigenvalue weighted by Crippen LogP contribution is 2.29. The van der Waals surface area contributed by atoms with E-state index in [1.807, 2.05) is 24.3 Å². The zero-order chi connectivity index (χ0) is 16.4. The van der Waals surface area contributed by atoms with Crippen molar-refractivity contribution in [2.45, 2.75) is 12.3 Å². The quantitative estimate of drug-likeness (QED) is 0.688. The Labute approximate surface area is 137 Å². The van der Waals surface area contributed by atoms with Crippen LogP contribution in [0, 0.1) is 0 Å². The van der Waals surface area contributed by atoms with Gasteiger partial charge in [-0.05, 0) is 35.9 Å². The third-order valence-corrected chi connectivity index (χ3v) is 4.10. The molecule has 0 aliphatic carbocycles. The SMILES string of the molecule is O=C(C[C@@H](C(=O)O)c1c[nH]c2ccccc12)c1ccc(Cl)cc1. The van der Waals surface area contributed by atoms with E-state index in [1.165, 1.54) is 0 Å². The van der Waals surface area contributed by atoms with Crippen molar-refractivity contribution in [2.24, 2.45) is 0 Å². The molecular weight excluding hydrogens is 314 g/mol. The largest absolute Gasteiger partial charge is 0.481 e. The van der Waals surface area contributed by atoms with Crippen LogP contribution in [0.1, 0.15) is 28.3 Å². The fourth-order valence-electron chi connectivity index (χ4n) is 2.65. The van der Waals surface area contributed by atoms with Crippen LogP contribution in [0.4, 0.5) is 0 Å². The summed E-state index contributed by atoms with van der Waals surface area (Å²) in [6, 6.07) is 13.9. The third-order valence-electron chi connectivity index (χ3n) is 3.85. The number of rotatable bonds is 5. The van der Waals surface area contributed by atoms with Crippen LogP contribution in [0.15, 0.2) is 54.7 Å². The molecule has 3 rings (SSSR count). The van der Waals surface area contributed by atoms with E-state index in [2.05, 4.69) is 4.98 Å². The Hall–Kier alpha value is -2.59. The summed E-state index contributed by atoms with van der Waals surface area (Å²) in [6.45, 7) is 0. The molecule has 23 heavy (non-hydrogen) atoms. The molecule has 0 fully saturated rings. The minimum Gasteiger partial charge on any atom is -0.481 e. The molecule has 0 saturated carbocycles. The van der Waals surface area contributed by atoms with Gasteiger partial charge in [-0.25, -0.2) is 0 Å². The molecule has 0 amide bonds. The van der Waals surface area contributed by atoms with Crippen molar-refractivity contribution in [1.82, 2.24) is 4.98 Å². The summed E-state index contributed by atoms with van der Waals surface area (Å²) in [5.41, 5.74) is 1.93. The topological polar surface area (TPSA) is 70.2 Å². The van der Waals surface area contributed by atoms with E-state index < -0.39 is 11.9 Å². The first-order valence-electron chi connectivity index (χ1n) is 7.14. The first kappa shape index (κ1) is 15.3. The minimum absolute atomic E-state index is 0.0984. The minimum atomic E-state index is -1.02. The first-order chi connectivity index (χ1) is 11.1. The molecule has 0 bridgehead atoms. The molecule has 4 nitrogen and oxygen atoms in total. The monoisotopic (exact) mass is 327 g/mol. The zero-order valence-electron chi connectivity index (χ0n) is 12.1. The normalized spacial score (nSPS) is 12.2. The Morgan fingerprint density at radius 2 is 1.78 bits per heavy atom. The van der Waals surface area contributed by atoms with Crippen molar-refractivity contribution >= 4 is 34.3 Å².